The molecule has 1 amide bonds. The number of hydrogen-bond donors (Lipinski definition) is 0. The molecule has 1 atom stereocenters. The van der Waals surface area contributed by atoms with Crippen molar-refractivity contribution in [1.29, 1.82) is 0 Å². The van der Waals surface area contributed by atoms with Crippen LogP contribution in [-0.4, -0.2) is 78.1 Å². The molecule has 0 radical (unpaired) electrons. The highest BCUT2D eigenvalue weighted by molar-refractivity contribution is 5.79. The van der Waals surface area contributed by atoms with Crippen LogP contribution in [0.5, 0.6) is 5.75 Å². The van der Waals surface area contributed by atoms with Gasteiger partial charge in [-0.25, -0.2) is 4.98 Å². The van der Waals surface area contributed by atoms with Crippen LogP contribution in [0.2, 0.25) is 0 Å². The maximum absolute atomic E-state index is 13.1. The number of ether oxygens (including phenoxy) is 1. The van der Waals surface area contributed by atoms with Crippen LogP contribution >= 0.6 is 0 Å². The largest absolute Gasteiger partial charge is 0.492 e. The fourth-order valence-electron chi connectivity index (χ4n) is 4.10. The van der Waals surface area contributed by atoms with Crippen LogP contribution in [0.25, 0.3) is 0 Å². The van der Waals surface area contributed by atoms with E-state index in [2.05, 4.69) is 19.8 Å². The number of piperidine rings is 1. The second-order valence-corrected chi connectivity index (χ2v) is 7.68. The molecule has 2 aromatic rings. The van der Waals surface area contributed by atoms with Gasteiger partial charge in [0.1, 0.15) is 18.2 Å². The number of para-hydroxylation sites is 1. The summed E-state index contributed by atoms with van der Waals surface area (Å²) in [6.07, 6.45) is 7.15. The van der Waals surface area contributed by atoms with Gasteiger partial charge in [-0.05, 0) is 25.0 Å². The predicted molar refractivity (Wildman–Crippen MR) is 112 cm³/mol. The summed E-state index contributed by atoms with van der Waals surface area (Å²) in [5.41, 5.74) is 0. The molecular weight excluding hydrogens is 366 g/mol. The molecule has 1 aromatic carbocycles. The highest BCUT2D eigenvalue weighted by atomic mass is 16.5. The molecule has 0 N–H and O–H groups in total. The Labute approximate surface area is 172 Å². The van der Waals surface area contributed by atoms with Crippen molar-refractivity contribution in [3.8, 4) is 5.75 Å². The number of anilines is 1. The van der Waals surface area contributed by atoms with Gasteiger partial charge < -0.3 is 14.5 Å². The summed E-state index contributed by atoms with van der Waals surface area (Å²) < 4.78 is 5.79. The second-order valence-electron chi connectivity index (χ2n) is 7.68. The van der Waals surface area contributed by atoms with Gasteiger partial charge in [0, 0.05) is 58.2 Å². The number of aromatic nitrogens is 2. The molecule has 2 aliphatic rings. The van der Waals surface area contributed by atoms with Crippen molar-refractivity contribution in [3.63, 3.8) is 0 Å². The molecule has 1 aromatic heterocycles. The fourth-order valence-corrected chi connectivity index (χ4v) is 4.10. The van der Waals surface area contributed by atoms with Crippen molar-refractivity contribution in [1.82, 2.24) is 19.8 Å². The van der Waals surface area contributed by atoms with E-state index in [1.165, 1.54) is 0 Å². The first-order chi connectivity index (χ1) is 14.3. The summed E-state index contributed by atoms with van der Waals surface area (Å²) in [6.45, 7) is 6.65. The van der Waals surface area contributed by atoms with Crippen molar-refractivity contribution >= 4 is 11.7 Å². The predicted octanol–water partition coefficient (Wildman–Crippen LogP) is 1.92. The zero-order valence-corrected chi connectivity index (χ0v) is 16.8. The van der Waals surface area contributed by atoms with Gasteiger partial charge in [-0.2, -0.15) is 0 Å². The molecule has 2 fully saturated rings. The normalized spacial score (nSPS) is 20.5. The Morgan fingerprint density at radius 2 is 1.90 bits per heavy atom. The van der Waals surface area contributed by atoms with Gasteiger partial charge in [0.15, 0.2) is 0 Å². The lowest BCUT2D eigenvalue weighted by Gasteiger charge is -2.39. The van der Waals surface area contributed by atoms with E-state index in [9.17, 15) is 4.79 Å². The Bertz CT molecular complexity index is 765. The molecular formula is C22H29N5O2. The monoisotopic (exact) mass is 395 g/mol. The quantitative estimate of drug-likeness (QED) is 0.745. The van der Waals surface area contributed by atoms with E-state index >= 15 is 0 Å². The van der Waals surface area contributed by atoms with Crippen LogP contribution in [0.1, 0.15) is 12.8 Å². The van der Waals surface area contributed by atoms with Crippen molar-refractivity contribution in [2.75, 3.05) is 57.3 Å². The molecule has 0 bridgehead atoms. The topological polar surface area (TPSA) is 61.8 Å². The van der Waals surface area contributed by atoms with E-state index in [4.69, 9.17) is 4.74 Å². The fraction of sp³-hybridized carbons (Fsp3) is 0.500. The van der Waals surface area contributed by atoms with Gasteiger partial charge in [-0.15, -0.1) is 0 Å². The number of carbonyl (C=O) groups excluding carboxylic acids is 1. The minimum atomic E-state index is 0.0544. The molecule has 29 heavy (non-hydrogen) atoms. The van der Waals surface area contributed by atoms with E-state index in [1.54, 1.807) is 18.6 Å². The van der Waals surface area contributed by atoms with Gasteiger partial charge in [-0.1, -0.05) is 18.2 Å². The molecule has 2 saturated heterocycles. The number of benzene rings is 1. The minimum absolute atomic E-state index is 0.0544. The smallest absolute Gasteiger partial charge is 0.227 e. The maximum atomic E-state index is 13.1. The van der Waals surface area contributed by atoms with Crippen molar-refractivity contribution < 1.29 is 9.53 Å². The van der Waals surface area contributed by atoms with Gasteiger partial charge >= 0.3 is 0 Å². The summed E-state index contributed by atoms with van der Waals surface area (Å²) in [5.74, 6) is 2.12. The first-order valence-corrected chi connectivity index (χ1v) is 10.5. The summed E-state index contributed by atoms with van der Waals surface area (Å²) >= 11 is 0. The minimum Gasteiger partial charge on any atom is -0.492 e. The highest BCUT2D eigenvalue weighted by Crippen LogP contribution is 2.23. The molecule has 7 nitrogen and oxygen atoms in total. The van der Waals surface area contributed by atoms with Crippen molar-refractivity contribution in [3.05, 3.63) is 48.9 Å². The summed E-state index contributed by atoms with van der Waals surface area (Å²) in [7, 11) is 0. The zero-order chi connectivity index (χ0) is 19.9. The Balaban J connectivity index is 1.21. The molecule has 4 rings (SSSR count). The number of nitrogens with zero attached hydrogens (tertiary/aromatic N) is 5. The molecule has 0 saturated carbocycles. The first kappa shape index (κ1) is 19.6. The third kappa shape index (κ3) is 5.23. The average molecular weight is 396 g/mol. The maximum Gasteiger partial charge on any atom is 0.227 e. The Morgan fingerprint density at radius 3 is 2.66 bits per heavy atom. The van der Waals surface area contributed by atoms with Crippen LogP contribution in [0, 0.1) is 5.92 Å². The standard InChI is InChI=1S/C22H29N5O2/c28-22(19-5-4-10-27(18-19)21-17-23-8-9-24-21)26-13-11-25(12-14-26)15-16-29-20-6-2-1-3-7-20/h1-3,6-9,17,19H,4-5,10-16,18H2/t19-/m0/s1. The van der Waals surface area contributed by atoms with E-state index in [-0.39, 0.29) is 5.92 Å². The molecule has 0 aliphatic carbocycles. The Hall–Kier alpha value is -2.67. The molecule has 7 heteroatoms. The average Bonchev–Trinajstić information content (AvgIpc) is 2.80. The molecule has 154 valence electrons. The van der Waals surface area contributed by atoms with Gasteiger partial charge in [-0.3, -0.25) is 14.7 Å². The Morgan fingerprint density at radius 1 is 1.07 bits per heavy atom. The molecule has 0 unspecified atom stereocenters. The van der Waals surface area contributed by atoms with Crippen LogP contribution in [-0.2, 0) is 4.79 Å². The summed E-state index contributed by atoms with van der Waals surface area (Å²) in [5, 5.41) is 0. The van der Waals surface area contributed by atoms with Crippen molar-refractivity contribution in [2.24, 2.45) is 5.92 Å². The van der Waals surface area contributed by atoms with Crippen molar-refractivity contribution in [2.45, 2.75) is 12.8 Å². The molecule has 3 heterocycles. The molecule has 0 spiro atoms. The number of carbonyl (C=O) groups is 1. The number of rotatable bonds is 6. The number of hydrogen-bond acceptors (Lipinski definition) is 6. The Kier molecular flexibility index (Phi) is 6.56. The van der Waals surface area contributed by atoms with Crippen LogP contribution < -0.4 is 9.64 Å². The third-order valence-corrected chi connectivity index (χ3v) is 5.75. The van der Waals surface area contributed by atoms with E-state index in [0.717, 1.165) is 70.2 Å². The van der Waals surface area contributed by atoms with Crippen LogP contribution in [0.3, 0.4) is 0 Å². The van der Waals surface area contributed by atoms with E-state index in [1.807, 2.05) is 35.2 Å². The van der Waals surface area contributed by atoms with Gasteiger partial charge in [0.25, 0.3) is 0 Å². The number of amides is 1. The third-order valence-electron chi connectivity index (χ3n) is 5.75. The van der Waals surface area contributed by atoms with Crippen LogP contribution in [0.15, 0.2) is 48.9 Å². The van der Waals surface area contributed by atoms with Crippen LogP contribution in [0.4, 0.5) is 5.82 Å². The zero-order valence-electron chi connectivity index (χ0n) is 16.8. The first-order valence-electron chi connectivity index (χ1n) is 10.5. The van der Waals surface area contributed by atoms with Gasteiger partial charge in [0.2, 0.25) is 5.91 Å². The summed E-state index contributed by atoms with van der Waals surface area (Å²) in [4.78, 5) is 28.2. The second kappa shape index (κ2) is 9.69. The lowest BCUT2D eigenvalue weighted by molar-refractivity contribution is -0.137. The molecule has 2 aliphatic heterocycles. The highest BCUT2D eigenvalue weighted by Gasteiger charge is 2.31. The van der Waals surface area contributed by atoms with E-state index < -0.39 is 0 Å². The lowest BCUT2D eigenvalue weighted by atomic mass is 9.96. The SMILES string of the molecule is O=C([C@H]1CCCN(c2cnccn2)C1)N1CCN(CCOc2ccccc2)CC1. The van der Waals surface area contributed by atoms with Gasteiger partial charge in [0.05, 0.1) is 12.1 Å². The number of piperazine rings is 1. The summed E-state index contributed by atoms with van der Waals surface area (Å²) in [6, 6.07) is 9.91. The van der Waals surface area contributed by atoms with E-state index in [0.29, 0.717) is 12.5 Å². The lowest BCUT2D eigenvalue weighted by Crippen LogP contribution is -2.53.